The number of benzene rings is 3. The van der Waals surface area contributed by atoms with Crippen molar-refractivity contribution in [2.45, 2.75) is 57.7 Å². The number of alkyl halides is 6. The third-order valence-corrected chi connectivity index (χ3v) is 11.5. The Kier molecular flexibility index (Phi) is 12.1. The molecule has 3 aromatic carbocycles. The van der Waals surface area contributed by atoms with E-state index in [4.69, 9.17) is 9.72 Å². The number of likely N-dealkylation sites (tertiary alicyclic amines) is 1. The van der Waals surface area contributed by atoms with Gasteiger partial charge in [-0.3, -0.25) is 19.3 Å². The van der Waals surface area contributed by atoms with E-state index in [1.54, 1.807) is 19.9 Å². The molecule has 6 rings (SSSR count). The van der Waals surface area contributed by atoms with Crippen LogP contribution < -0.4 is 10.0 Å². The molecule has 0 bridgehead atoms. The minimum Gasteiger partial charge on any atom is -0.379 e. The van der Waals surface area contributed by atoms with E-state index in [1.165, 1.54) is 54.6 Å². The Balaban J connectivity index is 1.52. The van der Waals surface area contributed by atoms with Crippen molar-refractivity contribution in [3.8, 4) is 11.3 Å². The highest BCUT2D eigenvalue weighted by atomic mass is 32.2. The summed E-state index contributed by atoms with van der Waals surface area (Å²) in [4.78, 5) is 23.7. The fourth-order valence-corrected chi connectivity index (χ4v) is 8.78. The number of aromatic nitrogens is 1. The molecule has 2 N–H and O–H groups in total. The normalized spacial score (nSPS) is 17.4. The first-order valence-corrected chi connectivity index (χ1v) is 19.7. The molecule has 0 aliphatic carbocycles. The van der Waals surface area contributed by atoms with Gasteiger partial charge in [0.25, 0.3) is 5.91 Å². The second-order valence-corrected chi connectivity index (χ2v) is 16.2. The summed E-state index contributed by atoms with van der Waals surface area (Å²) in [6.07, 6.45) is -8.16. The molecule has 0 unspecified atom stereocenters. The molecular weight excluding hydrogens is 749 g/mol. The third-order valence-electron chi connectivity index (χ3n) is 9.84. The molecule has 0 spiro atoms. The van der Waals surface area contributed by atoms with Gasteiger partial charge in [0, 0.05) is 47.9 Å². The van der Waals surface area contributed by atoms with Crippen LogP contribution in [0.5, 0.6) is 0 Å². The van der Waals surface area contributed by atoms with Crippen LogP contribution in [0.3, 0.4) is 0 Å². The maximum absolute atomic E-state index is 14.7. The van der Waals surface area contributed by atoms with Crippen molar-refractivity contribution in [2.24, 2.45) is 5.92 Å². The molecular formula is C39H43F6N5O4S. The van der Waals surface area contributed by atoms with Gasteiger partial charge in [-0.1, -0.05) is 56.3 Å². The first-order chi connectivity index (χ1) is 26.0. The lowest BCUT2D eigenvalue weighted by atomic mass is 9.93. The molecule has 2 fully saturated rings. The SMILES string of the molecule is CC(C)CS(=O)(=O)Nc1ccc2nc(-c3cccc(C(F)(F)F)c3)c(CN3CCC(N4CCOCC4)CC3)c(C(=O)N[C@H](c3ccccc3)C(F)(F)F)c2c1. The van der Waals surface area contributed by atoms with Crippen LogP contribution in [0, 0.1) is 5.92 Å². The zero-order valence-corrected chi connectivity index (χ0v) is 31.2. The van der Waals surface area contributed by atoms with Crippen LogP contribution in [0.1, 0.15) is 59.8 Å². The Morgan fingerprint density at radius 1 is 0.909 bits per heavy atom. The van der Waals surface area contributed by atoms with Gasteiger partial charge in [-0.15, -0.1) is 0 Å². The van der Waals surface area contributed by atoms with Crippen molar-refractivity contribution in [2.75, 3.05) is 49.9 Å². The number of halogens is 6. The number of sulfonamides is 1. The van der Waals surface area contributed by atoms with E-state index in [9.17, 15) is 39.6 Å². The minimum absolute atomic E-state index is 0.00420. The van der Waals surface area contributed by atoms with Crippen molar-refractivity contribution in [3.05, 3.63) is 95.1 Å². The zero-order valence-electron chi connectivity index (χ0n) is 30.4. The van der Waals surface area contributed by atoms with Gasteiger partial charge >= 0.3 is 12.4 Å². The third kappa shape index (κ3) is 9.95. The number of hydrogen-bond donors (Lipinski definition) is 2. The van der Waals surface area contributed by atoms with Crippen LogP contribution in [0.4, 0.5) is 32.0 Å². The first kappa shape index (κ1) is 40.4. The van der Waals surface area contributed by atoms with Gasteiger partial charge in [-0.25, -0.2) is 13.4 Å². The number of nitrogens with zero attached hydrogens (tertiary/aromatic N) is 3. The molecule has 1 aromatic heterocycles. The van der Waals surface area contributed by atoms with Gasteiger partial charge in [0.15, 0.2) is 6.04 Å². The maximum atomic E-state index is 14.7. The van der Waals surface area contributed by atoms with E-state index in [0.717, 1.165) is 38.1 Å². The molecule has 296 valence electrons. The Morgan fingerprint density at radius 3 is 2.24 bits per heavy atom. The predicted octanol–water partition coefficient (Wildman–Crippen LogP) is 7.65. The fourth-order valence-electron chi connectivity index (χ4n) is 7.33. The summed E-state index contributed by atoms with van der Waals surface area (Å²) in [6.45, 7) is 7.31. The lowest BCUT2D eigenvalue weighted by Gasteiger charge is -2.40. The van der Waals surface area contributed by atoms with Crippen molar-refractivity contribution in [1.29, 1.82) is 0 Å². The molecule has 1 atom stereocenters. The highest BCUT2D eigenvalue weighted by molar-refractivity contribution is 7.92. The molecule has 2 aliphatic rings. The quantitative estimate of drug-likeness (QED) is 0.151. The van der Waals surface area contributed by atoms with E-state index >= 15 is 0 Å². The molecule has 0 saturated carbocycles. The molecule has 2 aliphatic heterocycles. The maximum Gasteiger partial charge on any atom is 0.416 e. The fraction of sp³-hybridized carbons (Fsp3) is 0.436. The number of carbonyl (C=O) groups excluding carboxylic acids is 1. The Labute approximate surface area is 316 Å². The molecule has 3 heterocycles. The van der Waals surface area contributed by atoms with Gasteiger partial charge in [-0.05, 0) is 67.7 Å². The highest BCUT2D eigenvalue weighted by Gasteiger charge is 2.43. The zero-order chi connectivity index (χ0) is 39.5. The van der Waals surface area contributed by atoms with E-state index < -0.39 is 39.9 Å². The summed E-state index contributed by atoms with van der Waals surface area (Å²) >= 11 is 0. The monoisotopic (exact) mass is 791 g/mol. The molecule has 0 radical (unpaired) electrons. The average molecular weight is 792 g/mol. The van der Waals surface area contributed by atoms with Gasteiger partial charge < -0.3 is 10.1 Å². The number of anilines is 1. The van der Waals surface area contributed by atoms with E-state index in [-0.39, 0.29) is 68.8 Å². The van der Waals surface area contributed by atoms with Gasteiger partial charge in [0.2, 0.25) is 10.0 Å². The number of ether oxygens (including phenoxy) is 1. The van der Waals surface area contributed by atoms with E-state index in [2.05, 4.69) is 14.9 Å². The van der Waals surface area contributed by atoms with E-state index in [1.807, 2.05) is 4.90 Å². The summed E-state index contributed by atoms with van der Waals surface area (Å²) < 4.78 is 120. The number of hydrogen-bond acceptors (Lipinski definition) is 7. The van der Waals surface area contributed by atoms with Crippen molar-refractivity contribution < 1.29 is 44.3 Å². The molecule has 1 amide bonds. The second kappa shape index (κ2) is 16.5. The number of pyridine rings is 1. The van der Waals surface area contributed by atoms with E-state index in [0.29, 0.717) is 26.3 Å². The van der Waals surface area contributed by atoms with Crippen LogP contribution in [0.2, 0.25) is 0 Å². The van der Waals surface area contributed by atoms with Crippen LogP contribution in [-0.2, 0) is 27.5 Å². The molecule has 2 saturated heterocycles. The summed E-state index contributed by atoms with van der Waals surface area (Å²) in [7, 11) is -3.87. The van der Waals surface area contributed by atoms with Crippen LogP contribution in [0.15, 0.2) is 72.8 Å². The minimum atomic E-state index is -4.93. The topological polar surface area (TPSA) is 104 Å². The Hall–Kier alpha value is -4.25. The highest BCUT2D eigenvalue weighted by Crippen LogP contribution is 2.38. The van der Waals surface area contributed by atoms with Crippen molar-refractivity contribution >= 4 is 32.5 Å². The van der Waals surface area contributed by atoms with Crippen molar-refractivity contribution in [3.63, 3.8) is 0 Å². The van der Waals surface area contributed by atoms with Crippen molar-refractivity contribution in [1.82, 2.24) is 20.1 Å². The number of nitrogens with one attached hydrogen (secondary N) is 2. The standard InChI is InChI=1S/C39H43F6N5O4S/c1-25(2)24-55(52,53)48-29-11-12-33-31(22-29)34(37(51)47-36(39(43,44)45)26-7-4-3-5-8-26)32(35(46-33)27-9-6-10-28(21-27)38(40,41)42)23-49-15-13-30(14-16-49)50-17-19-54-20-18-50/h3-12,21-22,25,30,36,48H,13-20,23-24H2,1-2H3,(H,47,51)/t36-/m1/s1. The summed E-state index contributed by atoms with van der Waals surface area (Å²) in [5.74, 6) is -1.60. The van der Waals surface area contributed by atoms with Crippen LogP contribution in [-0.4, -0.2) is 86.5 Å². The summed E-state index contributed by atoms with van der Waals surface area (Å²) in [6, 6.07) is 13.2. The molecule has 4 aromatic rings. The van der Waals surface area contributed by atoms with Gasteiger partial charge in [-0.2, -0.15) is 26.3 Å². The van der Waals surface area contributed by atoms with Gasteiger partial charge in [0.05, 0.1) is 41.3 Å². The molecule has 55 heavy (non-hydrogen) atoms. The first-order valence-electron chi connectivity index (χ1n) is 18.1. The number of fused-ring (bicyclic) bond motifs is 1. The predicted molar refractivity (Wildman–Crippen MR) is 198 cm³/mol. The molecule has 16 heteroatoms. The van der Waals surface area contributed by atoms with Crippen LogP contribution >= 0.6 is 0 Å². The average Bonchev–Trinajstić information content (AvgIpc) is 3.13. The molecule has 9 nitrogen and oxygen atoms in total. The van der Waals surface area contributed by atoms with Crippen LogP contribution in [0.25, 0.3) is 22.2 Å². The van der Waals surface area contributed by atoms with Gasteiger partial charge in [0.1, 0.15) is 0 Å². The number of morpholine rings is 1. The summed E-state index contributed by atoms with van der Waals surface area (Å²) in [5.41, 5.74) is -1.20. The number of piperidine rings is 1. The lowest BCUT2D eigenvalue weighted by Crippen LogP contribution is -2.48. The second-order valence-electron chi connectivity index (χ2n) is 14.4. The smallest absolute Gasteiger partial charge is 0.379 e. The Bertz CT molecular complexity index is 2080. The number of carbonyl (C=O) groups is 1. The number of amides is 1. The Morgan fingerprint density at radius 2 is 1.60 bits per heavy atom. The summed E-state index contributed by atoms with van der Waals surface area (Å²) in [5, 5.41) is 2.20. The number of rotatable bonds is 11. The largest absolute Gasteiger partial charge is 0.416 e. The lowest BCUT2D eigenvalue weighted by molar-refractivity contribution is -0.155.